The van der Waals surface area contributed by atoms with E-state index in [1.165, 1.54) is 0 Å². The highest BCUT2D eigenvalue weighted by Crippen LogP contribution is 2.29. The molecular weight excluding hydrogens is 364 g/mol. The van der Waals surface area contributed by atoms with E-state index in [1.54, 1.807) is 0 Å². The number of nitrogens with one attached hydrogen (secondary N) is 1. The van der Waals surface area contributed by atoms with Crippen molar-refractivity contribution in [3.8, 4) is 11.1 Å². The fourth-order valence-electron chi connectivity index (χ4n) is 2.83. The van der Waals surface area contributed by atoms with E-state index in [0.717, 1.165) is 22.1 Å². The number of aromatic nitrogens is 2. The van der Waals surface area contributed by atoms with Crippen LogP contribution in [0.3, 0.4) is 0 Å². The molecule has 1 aromatic heterocycles. The second-order valence-electron chi connectivity index (χ2n) is 6.48. The smallest absolute Gasteiger partial charge is 0.271 e. The molecule has 0 aliphatic carbocycles. The second-order valence-corrected chi connectivity index (χ2v) is 7.41. The Morgan fingerprint density at radius 3 is 2.41 bits per heavy atom. The number of carbonyl (C=O) groups excluding carboxylic acids is 1. The SMILES string of the molecule is CC(C)Nc1c(C(N)=O)nnc2cc(-c3ccc(CS(=O)O)cc3)ccc12. The van der Waals surface area contributed by atoms with E-state index in [9.17, 15) is 9.00 Å². The minimum absolute atomic E-state index is 0.0970. The highest BCUT2D eigenvalue weighted by atomic mass is 32.2. The monoisotopic (exact) mass is 384 g/mol. The number of rotatable bonds is 6. The summed E-state index contributed by atoms with van der Waals surface area (Å²) >= 11 is -1.86. The summed E-state index contributed by atoms with van der Waals surface area (Å²) in [6.07, 6.45) is 0. The lowest BCUT2D eigenvalue weighted by molar-refractivity contribution is 0.0995. The van der Waals surface area contributed by atoms with E-state index in [-0.39, 0.29) is 17.5 Å². The molecule has 0 bridgehead atoms. The third-order valence-corrected chi connectivity index (χ3v) is 4.59. The van der Waals surface area contributed by atoms with Gasteiger partial charge in [-0.1, -0.05) is 30.3 Å². The van der Waals surface area contributed by atoms with Crippen molar-refractivity contribution in [3.63, 3.8) is 0 Å². The van der Waals surface area contributed by atoms with Gasteiger partial charge in [-0.3, -0.25) is 4.79 Å². The van der Waals surface area contributed by atoms with Gasteiger partial charge in [-0.2, -0.15) is 0 Å². The summed E-state index contributed by atoms with van der Waals surface area (Å²) in [6.45, 7) is 3.93. The molecule has 1 unspecified atom stereocenters. The predicted octanol–water partition coefficient (Wildman–Crippen LogP) is 2.94. The van der Waals surface area contributed by atoms with Gasteiger partial charge in [-0.25, -0.2) is 4.21 Å². The number of benzene rings is 2. The largest absolute Gasteiger partial charge is 0.380 e. The normalized spacial score (nSPS) is 12.3. The Hall–Kier alpha value is -2.84. The van der Waals surface area contributed by atoms with Crippen molar-refractivity contribution in [2.24, 2.45) is 5.73 Å². The minimum atomic E-state index is -1.86. The molecule has 0 fully saturated rings. The summed E-state index contributed by atoms with van der Waals surface area (Å²) in [4.78, 5) is 11.7. The molecule has 0 radical (unpaired) electrons. The Labute approximate surface area is 159 Å². The molecular formula is C19H20N4O3S. The van der Waals surface area contributed by atoms with Crippen molar-refractivity contribution in [2.45, 2.75) is 25.6 Å². The van der Waals surface area contributed by atoms with Gasteiger partial charge in [-0.05, 0) is 42.7 Å². The van der Waals surface area contributed by atoms with Crippen LogP contribution in [-0.2, 0) is 16.8 Å². The van der Waals surface area contributed by atoms with E-state index >= 15 is 0 Å². The molecule has 0 saturated heterocycles. The van der Waals surface area contributed by atoms with Gasteiger partial charge in [0.25, 0.3) is 5.91 Å². The van der Waals surface area contributed by atoms with Gasteiger partial charge in [0.05, 0.1) is 17.0 Å². The molecule has 0 aliphatic rings. The van der Waals surface area contributed by atoms with Gasteiger partial charge < -0.3 is 15.6 Å². The lowest BCUT2D eigenvalue weighted by Gasteiger charge is -2.15. The number of anilines is 1. The summed E-state index contributed by atoms with van der Waals surface area (Å²) in [5.41, 5.74) is 9.43. The average Bonchev–Trinajstić information content (AvgIpc) is 2.61. The summed E-state index contributed by atoms with van der Waals surface area (Å²) in [5.74, 6) is -0.530. The topological polar surface area (TPSA) is 118 Å². The molecule has 4 N–H and O–H groups in total. The number of amides is 1. The van der Waals surface area contributed by atoms with Crippen LogP contribution in [0.1, 0.15) is 29.9 Å². The summed E-state index contributed by atoms with van der Waals surface area (Å²) in [6, 6.07) is 13.2. The Kier molecular flexibility index (Phi) is 5.48. The Morgan fingerprint density at radius 1 is 1.15 bits per heavy atom. The number of primary amides is 1. The number of nitrogens with zero attached hydrogens (tertiary/aromatic N) is 2. The van der Waals surface area contributed by atoms with Gasteiger partial charge in [0.1, 0.15) is 0 Å². The maximum atomic E-state index is 11.7. The number of fused-ring (bicyclic) bond motifs is 1. The fourth-order valence-corrected chi connectivity index (χ4v) is 3.31. The van der Waals surface area contributed by atoms with E-state index in [1.807, 2.05) is 56.3 Å². The quantitative estimate of drug-likeness (QED) is 0.562. The average molecular weight is 384 g/mol. The van der Waals surface area contributed by atoms with Crippen molar-refractivity contribution >= 4 is 33.6 Å². The van der Waals surface area contributed by atoms with Crippen molar-refractivity contribution < 1.29 is 13.6 Å². The predicted molar refractivity (Wildman–Crippen MR) is 107 cm³/mol. The molecule has 8 heteroatoms. The van der Waals surface area contributed by atoms with Crippen LogP contribution < -0.4 is 11.1 Å². The molecule has 2 aromatic carbocycles. The van der Waals surface area contributed by atoms with E-state index < -0.39 is 17.0 Å². The van der Waals surface area contributed by atoms with Crippen LogP contribution in [-0.4, -0.2) is 30.9 Å². The highest BCUT2D eigenvalue weighted by molar-refractivity contribution is 7.78. The zero-order valence-corrected chi connectivity index (χ0v) is 15.8. The molecule has 3 rings (SSSR count). The van der Waals surface area contributed by atoms with E-state index in [4.69, 9.17) is 10.3 Å². The molecule has 1 atom stereocenters. The van der Waals surface area contributed by atoms with Crippen LogP contribution in [0.15, 0.2) is 42.5 Å². The number of hydrogen-bond donors (Lipinski definition) is 3. The Morgan fingerprint density at radius 2 is 1.81 bits per heavy atom. The summed E-state index contributed by atoms with van der Waals surface area (Å²) in [7, 11) is 0. The Balaban J connectivity index is 2.04. The first-order chi connectivity index (χ1) is 12.8. The first-order valence-corrected chi connectivity index (χ1v) is 9.66. The van der Waals surface area contributed by atoms with Crippen molar-refractivity contribution in [2.75, 3.05) is 5.32 Å². The van der Waals surface area contributed by atoms with Gasteiger partial charge in [-0.15, -0.1) is 10.2 Å². The third-order valence-electron chi connectivity index (χ3n) is 4.01. The van der Waals surface area contributed by atoms with Gasteiger partial charge in [0.2, 0.25) is 0 Å². The van der Waals surface area contributed by atoms with Gasteiger partial charge >= 0.3 is 0 Å². The van der Waals surface area contributed by atoms with Gasteiger partial charge in [0, 0.05) is 11.4 Å². The van der Waals surface area contributed by atoms with Crippen molar-refractivity contribution in [3.05, 3.63) is 53.7 Å². The maximum Gasteiger partial charge on any atom is 0.271 e. The molecule has 27 heavy (non-hydrogen) atoms. The van der Waals surface area contributed by atoms with Crippen LogP contribution in [0.25, 0.3) is 22.0 Å². The number of carbonyl (C=O) groups is 1. The molecule has 1 amide bonds. The van der Waals surface area contributed by atoms with E-state index in [0.29, 0.717) is 11.2 Å². The molecule has 0 spiro atoms. The summed E-state index contributed by atoms with van der Waals surface area (Å²) < 4.78 is 19.9. The van der Waals surface area contributed by atoms with Gasteiger partial charge in [0.15, 0.2) is 16.8 Å². The first-order valence-electron chi connectivity index (χ1n) is 8.38. The fraction of sp³-hybridized carbons (Fsp3) is 0.211. The minimum Gasteiger partial charge on any atom is -0.380 e. The van der Waals surface area contributed by atoms with Crippen LogP contribution in [0.5, 0.6) is 0 Å². The van der Waals surface area contributed by atoms with Crippen molar-refractivity contribution in [1.82, 2.24) is 10.2 Å². The number of hydrogen-bond acceptors (Lipinski definition) is 5. The van der Waals surface area contributed by atoms with E-state index in [2.05, 4.69) is 15.5 Å². The molecule has 140 valence electrons. The summed E-state index contributed by atoms with van der Waals surface area (Å²) in [5, 5.41) is 12.1. The van der Waals surface area contributed by atoms with Crippen LogP contribution in [0, 0.1) is 0 Å². The molecule has 7 nitrogen and oxygen atoms in total. The lowest BCUT2D eigenvalue weighted by atomic mass is 10.0. The van der Waals surface area contributed by atoms with Crippen LogP contribution in [0.2, 0.25) is 0 Å². The lowest BCUT2D eigenvalue weighted by Crippen LogP contribution is -2.20. The van der Waals surface area contributed by atoms with Crippen LogP contribution >= 0.6 is 0 Å². The molecule has 1 heterocycles. The molecule has 0 saturated carbocycles. The standard InChI is InChI=1S/C19H20N4O3S/c1-11(2)21-17-15-8-7-14(9-16(15)22-23-18(17)19(20)24)13-5-3-12(4-6-13)10-27(25)26/h3-9,11H,10H2,1-2H3,(H2,20,24)(H,21,22)(H,25,26). The third kappa shape index (κ3) is 4.29. The Bertz CT molecular complexity index is 1020. The first kappa shape index (κ1) is 18.9. The zero-order valence-electron chi connectivity index (χ0n) is 15.0. The number of nitrogens with two attached hydrogens (primary N) is 1. The van der Waals surface area contributed by atoms with Crippen molar-refractivity contribution in [1.29, 1.82) is 0 Å². The second kappa shape index (κ2) is 7.81. The molecule has 0 aliphatic heterocycles. The van der Waals surface area contributed by atoms with Crippen LogP contribution in [0.4, 0.5) is 5.69 Å². The zero-order chi connectivity index (χ0) is 19.6. The maximum absolute atomic E-state index is 11.7. The highest BCUT2D eigenvalue weighted by Gasteiger charge is 2.16. The molecule has 3 aromatic rings.